The van der Waals surface area contributed by atoms with Crippen LogP contribution in [0.25, 0.3) is 20.2 Å². The topological polar surface area (TPSA) is 86.9 Å². The number of Topliss-reactive ketones (excluding diaryl/α,β-unsaturated/α-hetero) is 1. The summed E-state index contributed by atoms with van der Waals surface area (Å²) in [5.74, 6) is 3.08. The highest BCUT2D eigenvalue weighted by molar-refractivity contribution is 7.21. The van der Waals surface area contributed by atoms with Crippen molar-refractivity contribution < 1.29 is 14.7 Å². The molecule has 0 unspecified atom stereocenters. The molecule has 8 heterocycles. The van der Waals surface area contributed by atoms with Crippen LogP contribution in [0.4, 0.5) is 0 Å². The zero-order chi connectivity index (χ0) is 35.7. The van der Waals surface area contributed by atoms with Crippen LogP contribution in [0.15, 0.2) is 48.5 Å². The molecule has 9 heteroatoms. The third-order valence-electron chi connectivity index (χ3n) is 13.6. The summed E-state index contributed by atoms with van der Waals surface area (Å²) in [6, 6.07) is 17.4. The van der Waals surface area contributed by atoms with Crippen LogP contribution in [0.1, 0.15) is 128 Å². The van der Waals surface area contributed by atoms with E-state index in [1.54, 1.807) is 17.4 Å². The summed E-state index contributed by atoms with van der Waals surface area (Å²) in [7, 11) is 0. The maximum atomic E-state index is 13.1. The van der Waals surface area contributed by atoms with E-state index >= 15 is 0 Å². The zero-order valence-corrected chi connectivity index (χ0v) is 33.7. The number of fused-ring (bicyclic) bond motifs is 8. The largest absolute Gasteiger partial charge is 0.477 e. The molecule has 0 amide bonds. The van der Waals surface area contributed by atoms with E-state index in [2.05, 4.69) is 73.9 Å². The number of carboxylic acids is 1. The molecule has 6 nitrogen and oxygen atoms in total. The number of carbonyl (C=O) groups excluding carboxylic acids is 1. The van der Waals surface area contributed by atoms with Gasteiger partial charge in [-0.05, 0) is 181 Å². The average molecular weight is 763 g/mol. The van der Waals surface area contributed by atoms with Crippen molar-refractivity contribution in [2.75, 3.05) is 26.2 Å². The second kappa shape index (κ2) is 14.7. The number of carbonyl (C=O) groups is 2. The molecule has 3 N–H and O–H groups in total. The fourth-order valence-electron chi connectivity index (χ4n) is 9.74. The average Bonchev–Trinajstić information content (AvgIpc) is 4.07. The molecule has 2 atom stereocenters. The van der Waals surface area contributed by atoms with Gasteiger partial charge in [-0.3, -0.25) is 14.6 Å². The smallest absolute Gasteiger partial charge is 0.345 e. The molecule has 2 aliphatic carbocycles. The monoisotopic (exact) mass is 761 g/mol. The highest BCUT2D eigenvalue weighted by Gasteiger charge is 2.48. The standard InChI is InChI=1S/C22H27NOS.C12H10O2S.C9H18N2.ClH/c1-22(2)18(15-7-9-23(22)10-8-15)13-19(24)21-12-17-11-16(14-3-4-14)5-6-20(17)25-21;13-12(14)11-6-9-5-8(7-1-2-7)3-4-10(9)15-11;1-9(2)8(10)7-3-5-11(9)6-4-7;/h5-6,11-12,14-15,18H,3-4,7-10,13H2,1-2H3;3-7H,1-2H2,(H,13,14);7-8H,3-6,10H2,1-2H3;1H/t18-;;8-;/m0.0./s1. The molecule has 2 aromatic carbocycles. The Kier molecular flexibility index (Phi) is 10.7. The van der Waals surface area contributed by atoms with Crippen LogP contribution in [0, 0.1) is 17.8 Å². The number of halogens is 1. The van der Waals surface area contributed by atoms with Gasteiger partial charge in [0.1, 0.15) is 4.88 Å². The first-order chi connectivity index (χ1) is 24.4. The van der Waals surface area contributed by atoms with Gasteiger partial charge in [0.15, 0.2) is 5.78 Å². The van der Waals surface area contributed by atoms with Gasteiger partial charge < -0.3 is 10.8 Å². The summed E-state index contributed by atoms with van der Waals surface area (Å²) in [5.41, 5.74) is 9.41. The Morgan fingerprint density at radius 1 is 0.692 bits per heavy atom. The maximum absolute atomic E-state index is 13.1. The first-order valence-electron chi connectivity index (χ1n) is 19.5. The van der Waals surface area contributed by atoms with E-state index in [1.807, 2.05) is 6.07 Å². The minimum absolute atomic E-state index is 0. The number of thiophene rings is 2. The second-order valence-corrected chi connectivity index (χ2v) is 19.6. The number of hydrogen-bond acceptors (Lipinski definition) is 7. The van der Waals surface area contributed by atoms with Gasteiger partial charge in [-0.1, -0.05) is 24.3 Å². The van der Waals surface area contributed by atoms with Crippen LogP contribution in [0.5, 0.6) is 0 Å². The Labute approximate surface area is 323 Å². The van der Waals surface area contributed by atoms with E-state index in [9.17, 15) is 9.59 Å². The molecule has 6 saturated heterocycles. The van der Waals surface area contributed by atoms with Gasteiger partial charge >= 0.3 is 5.97 Å². The zero-order valence-electron chi connectivity index (χ0n) is 31.2. The van der Waals surface area contributed by atoms with E-state index < -0.39 is 5.97 Å². The molecule has 280 valence electrons. The molecule has 0 radical (unpaired) electrons. The number of hydrogen-bond donors (Lipinski definition) is 2. The maximum Gasteiger partial charge on any atom is 0.345 e. The Hall–Kier alpha value is -2.33. The fourth-order valence-corrected chi connectivity index (χ4v) is 11.6. The highest BCUT2D eigenvalue weighted by Crippen LogP contribution is 2.47. The predicted octanol–water partition coefficient (Wildman–Crippen LogP) is 10.2. The summed E-state index contributed by atoms with van der Waals surface area (Å²) >= 11 is 3.04. The van der Waals surface area contributed by atoms with E-state index in [-0.39, 0.29) is 23.5 Å². The summed E-state index contributed by atoms with van der Waals surface area (Å²) in [6.07, 6.45) is 11.1. The first-order valence-corrected chi connectivity index (χ1v) is 21.1. The van der Waals surface area contributed by atoms with Crippen molar-refractivity contribution >= 4 is 67.0 Å². The summed E-state index contributed by atoms with van der Waals surface area (Å²) in [5, 5.41) is 11.2. The highest BCUT2D eigenvalue weighted by atomic mass is 35.5. The van der Waals surface area contributed by atoms with E-state index in [1.165, 1.54) is 110 Å². The van der Waals surface area contributed by atoms with Gasteiger partial charge in [-0.15, -0.1) is 35.1 Å². The van der Waals surface area contributed by atoms with Crippen LogP contribution in [0.3, 0.4) is 0 Å². The summed E-state index contributed by atoms with van der Waals surface area (Å²) < 4.78 is 2.33. The quantitative estimate of drug-likeness (QED) is 0.190. The molecular weight excluding hydrogens is 706 g/mol. The third kappa shape index (κ3) is 7.50. The Morgan fingerprint density at radius 3 is 1.58 bits per heavy atom. The van der Waals surface area contributed by atoms with Crippen molar-refractivity contribution in [1.82, 2.24) is 9.80 Å². The van der Waals surface area contributed by atoms with Crippen LogP contribution in [-0.4, -0.2) is 70.0 Å². The van der Waals surface area contributed by atoms with E-state index in [0.29, 0.717) is 22.6 Å². The molecule has 4 aromatic rings. The number of piperidine rings is 6. The molecular formula is C43H56ClN3O3S2. The van der Waals surface area contributed by atoms with Crippen molar-refractivity contribution in [2.24, 2.45) is 23.5 Å². The van der Waals surface area contributed by atoms with Crippen LogP contribution in [0.2, 0.25) is 0 Å². The van der Waals surface area contributed by atoms with Gasteiger partial charge in [-0.25, -0.2) is 4.79 Å². The van der Waals surface area contributed by atoms with Gasteiger partial charge in [0.05, 0.1) is 4.88 Å². The van der Waals surface area contributed by atoms with Crippen LogP contribution in [-0.2, 0) is 0 Å². The Morgan fingerprint density at radius 2 is 1.15 bits per heavy atom. The molecule has 8 fully saturated rings. The normalized spacial score (nSPS) is 29.4. The number of carboxylic acid groups (broad SMARTS) is 1. The number of ketones is 1. The van der Waals surface area contributed by atoms with Crippen molar-refractivity contribution in [3.63, 3.8) is 0 Å². The van der Waals surface area contributed by atoms with Crippen LogP contribution < -0.4 is 5.73 Å². The molecule has 6 aliphatic heterocycles. The second-order valence-electron chi connectivity index (χ2n) is 17.4. The lowest BCUT2D eigenvalue weighted by Crippen LogP contribution is -2.67. The van der Waals surface area contributed by atoms with Gasteiger partial charge in [0, 0.05) is 32.9 Å². The van der Waals surface area contributed by atoms with Crippen LogP contribution >= 0.6 is 35.1 Å². The third-order valence-corrected chi connectivity index (χ3v) is 15.8. The van der Waals surface area contributed by atoms with E-state index in [0.717, 1.165) is 45.1 Å². The molecule has 0 spiro atoms. The van der Waals surface area contributed by atoms with E-state index in [4.69, 9.17) is 10.8 Å². The van der Waals surface area contributed by atoms with Gasteiger partial charge in [0.2, 0.25) is 0 Å². The number of benzene rings is 2. The summed E-state index contributed by atoms with van der Waals surface area (Å²) in [4.78, 5) is 30.4. The molecule has 8 aliphatic rings. The van der Waals surface area contributed by atoms with Gasteiger partial charge in [0.25, 0.3) is 0 Å². The fraction of sp³-hybridized carbons (Fsp3) is 0.581. The number of nitrogens with two attached hydrogens (primary N) is 1. The number of rotatable bonds is 6. The Bertz CT molecular complexity index is 1920. The molecule has 4 bridgehead atoms. The minimum atomic E-state index is -0.829. The Balaban J connectivity index is 0.000000132. The van der Waals surface area contributed by atoms with Crippen molar-refractivity contribution in [1.29, 1.82) is 0 Å². The molecule has 12 rings (SSSR count). The first kappa shape index (κ1) is 38.0. The lowest BCUT2D eigenvalue weighted by Gasteiger charge is -2.56. The van der Waals surface area contributed by atoms with Crippen molar-refractivity contribution in [2.45, 2.75) is 114 Å². The van der Waals surface area contributed by atoms with Crippen molar-refractivity contribution in [3.8, 4) is 0 Å². The van der Waals surface area contributed by atoms with Gasteiger partial charge in [-0.2, -0.15) is 0 Å². The predicted molar refractivity (Wildman–Crippen MR) is 219 cm³/mol. The SMILES string of the molecule is CC1(C)[C@@H](CC(=O)c2cc3cc(C4CC4)ccc3s2)C2CCN1CC2.CC1(C)[C@@H](N)C2CCN1CC2.Cl.O=C(O)c1cc2cc(C3CC3)ccc2s1. The minimum Gasteiger partial charge on any atom is -0.477 e. The molecule has 2 aromatic heterocycles. The lowest BCUT2D eigenvalue weighted by atomic mass is 9.65. The summed E-state index contributed by atoms with van der Waals surface area (Å²) in [6.45, 7) is 14.2. The molecule has 52 heavy (non-hydrogen) atoms. The number of nitrogens with zero attached hydrogens (tertiary/aromatic N) is 2. The lowest BCUT2D eigenvalue weighted by molar-refractivity contribution is -0.0643. The van der Waals surface area contributed by atoms with Crippen molar-refractivity contribution in [3.05, 3.63) is 69.4 Å². The molecule has 2 saturated carbocycles. The number of aromatic carboxylic acids is 1.